The van der Waals surface area contributed by atoms with Gasteiger partial charge in [-0.2, -0.15) is 5.10 Å². The molecule has 27 heavy (non-hydrogen) atoms. The van der Waals surface area contributed by atoms with E-state index in [9.17, 15) is 0 Å². The third-order valence-corrected chi connectivity index (χ3v) is 8.27. The van der Waals surface area contributed by atoms with Gasteiger partial charge in [0.1, 0.15) is 5.82 Å². The van der Waals surface area contributed by atoms with E-state index in [2.05, 4.69) is 50.2 Å². The Morgan fingerprint density at radius 1 is 0.963 bits per heavy atom. The van der Waals surface area contributed by atoms with Gasteiger partial charge in [0.15, 0.2) is 0 Å². The van der Waals surface area contributed by atoms with Crippen molar-refractivity contribution in [3.63, 3.8) is 0 Å². The molecule has 0 spiro atoms. The summed E-state index contributed by atoms with van der Waals surface area (Å²) in [5, 5.41) is 9.11. The molecular weight excluding hydrogens is 398 g/mol. The van der Waals surface area contributed by atoms with E-state index < -0.39 is 0 Å². The van der Waals surface area contributed by atoms with Gasteiger partial charge in [-0.05, 0) is 99.8 Å². The fourth-order valence-corrected chi connectivity index (χ4v) is 7.36. The number of benzene rings is 1. The van der Waals surface area contributed by atoms with Gasteiger partial charge in [-0.15, -0.1) is 0 Å². The van der Waals surface area contributed by atoms with Crippen molar-refractivity contribution in [1.29, 1.82) is 0 Å². The van der Waals surface area contributed by atoms with E-state index in [-0.39, 0.29) is 0 Å². The lowest BCUT2D eigenvalue weighted by Gasteiger charge is -2.56. The molecule has 4 saturated carbocycles. The van der Waals surface area contributed by atoms with Crippen LogP contribution in [-0.4, -0.2) is 16.3 Å². The molecule has 1 aliphatic heterocycles. The van der Waals surface area contributed by atoms with Gasteiger partial charge in [-0.1, -0.05) is 15.9 Å². The van der Waals surface area contributed by atoms with Gasteiger partial charge in [0, 0.05) is 22.0 Å². The summed E-state index contributed by atoms with van der Waals surface area (Å²) in [4.78, 5) is 0. The average Bonchev–Trinajstić information content (AvgIpc) is 2.84. The molecule has 4 aliphatic carbocycles. The van der Waals surface area contributed by atoms with Crippen LogP contribution >= 0.6 is 15.9 Å². The van der Waals surface area contributed by atoms with Crippen LogP contribution in [0.15, 0.2) is 28.7 Å². The highest BCUT2D eigenvalue weighted by Gasteiger charge is 2.53. The van der Waals surface area contributed by atoms with Crippen molar-refractivity contribution in [2.75, 3.05) is 11.9 Å². The number of anilines is 1. The van der Waals surface area contributed by atoms with E-state index in [0.29, 0.717) is 5.41 Å². The Kier molecular flexibility index (Phi) is 3.76. The zero-order valence-electron chi connectivity index (χ0n) is 15.9. The third-order valence-electron chi connectivity index (χ3n) is 7.74. The minimum Gasteiger partial charge on any atom is -0.370 e. The quantitative estimate of drug-likeness (QED) is 0.653. The van der Waals surface area contributed by atoms with E-state index >= 15 is 0 Å². The first kappa shape index (κ1) is 16.6. The molecule has 0 atom stereocenters. The van der Waals surface area contributed by atoms with Crippen LogP contribution in [0, 0.1) is 17.8 Å². The number of hydrogen-bond donors (Lipinski definition) is 1. The van der Waals surface area contributed by atoms with E-state index in [4.69, 9.17) is 5.10 Å². The lowest BCUT2D eigenvalue weighted by molar-refractivity contribution is -0.00773. The summed E-state index contributed by atoms with van der Waals surface area (Å²) in [5.74, 6) is 4.16. The summed E-state index contributed by atoms with van der Waals surface area (Å²) in [6.07, 6.45) is 12.4. The predicted octanol–water partition coefficient (Wildman–Crippen LogP) is 5.85. The van der Waals surface area contributed by atoms with Crippen molar-refractivity contribution in [1.82, 2.24) is 9.78 Å². The standard InChI is InChI=1S/C23H28BrN3/c24-18-4-6-19(7-5-18)27-22-20(3-1-2-8-25-22)21(26-27)23-12-15-9-16(13-23)11-17(10-15)14-23/h4-7,15-17,25H,1-3,8-14H2. The smallest absolute Gasteiger partial charge is 0.133 e. The van der Waals surface area contributed by atoms with E-state index in [1.54, 1.807) is 0 Å². The first-order valence-electron chi connectivity index (χ1n) is 10.8. The minimum absolute atomic E-state index is 0.367. The average molecular weight is 426 g/mol. The number of nitrogens with one attached hydrogen (secondary N) is 1. The van der Waals surface area contributed by atoms with E-state index in [1.807, 2.05) is 0 Å². The summed E-state index contributed by atoms with van der Waals surface area (Å²) < 4.78 is 3.35. The lowest BCUT2D eigenvalue weighted by atomic mass is 9.48. The molecule has 0 amide bonds. The Morgan fingerprint density at radius 2 is 1.63 bits per heavy atom. The highest BCUT2D eigenvalue weighted by molar-refractivity contribution is 9.10. The van der Waals surface area contributed by atoms with Gasteiger partial charge in [0.2, 0.25) is 0 Å². The minimum atomic E-state index is 0.367. The van der Waals surface area contributed by atoms with Crippen LogP contribution in [0.5, 0.6) is 0 Å². The molecule has 4 heteroatoms. The number of rotatable bonds is 2. The molecule has 5 aliphatic rings. The highest BCUT2D eigenvalue weighted by atomic mass is 79.9. The van der Waals surface area contributed by atoms with Crippen LogP contribution < -0.4 is 5.32 Å². The number of fused-ring (bicyclic) bond motifs is 1. The normalized spacial score (nSPS) is 34.2. The Morgan fingerprint density at radius 3 is 2.30 bits per heavy atom. The first-order chi connectivity index (χ1) is 13.2. The van der Waals surface area contributed by atoms with Crippen molar-refractivity contribution in [3.05, 3.63) is 40.0 Å². The molecule has 0 radical (unpaired) electrons. The van der Waals surface area contributed by atoms with Crippen molar-refractivity contribution in [2.24, 2.45) is 17.8 Å². The first-order valence-corrected chi connectivity index (χ1v) is 11.6. The summed E-state index contributed by atoms with van der Waals surface area (Å²) in [6, 6.07) is 8.63. The van der Waals surface area contributed by atoms with Gasteiger partial charge in [0.05, 0.1) is 11.4 Å². The second kappa shape index (κ2) is 6.10. The SMILES string of the molecule is Brc1ccc(-n2nc(C34CC5CC(CC(C5)C3)C4)c3c2NCCCC3)cc1. The van der Waals surface area contributed by atoms with Crippen LogP contribution in [0.25, 0.3) is 5.69 Å². The van der Waals surface area contributed by atoms with Crippen molar-refractivity contribution in [2.45, 2.75) is 63.2 Å². The maximum atomic E-state index is 5.36. The van der Waals surface area contributed by atoms with Gasteiger partial charge >= 0.3 is 0 Å². The summed E-state index contributed by atoms with van der Waals surface area (Å²) in [6.45, 7) is 1.07. The Labute approximate surface area is 170 Å². The van der Waals surface area contributed by atoms with Crippen LogP contribution in [0.3, 0.4) is 0 Å². The van der Waals surface area contributed by atoms with Gasteiger partial charge in [-0.25, -0.2) is 4.68 Å². The molecule has 1 aromatic heterocycles. The maximum absolute atomic E-state index is 5.36. The molecule has 1 aromatic carbocycles. The van der Waals surface area contributed by atoms with Crippen LogP contribution in [0.2, 0.25) is 0 Å². The number of nitrogens with zero attached hydrogens (tertiary/aromatic N) is 2. The number of hydrogen-bond acceptors (Lipinski definition) is 2. The fraction of sp³-hybridized carbons (Fsp3) is 0.609. The zero-order chi connectivity index (χ0) is 18.0. The number of halogens is 1. The molecule has 0 saturated heterocycles. The molecule has 7 rings (SSSR count). The van der Waals surface area contributed by atoms with Crippen molar-refractivity contribution >= 4 is 21.7 Å². The topological polar surface area (TPSA) is 29.9 Å². The molecular formula is C23H28BrN3. The molecule has 2 heterocycles. The summed E-state index contributed by atoms with van der Waals surface area (Å²) in [5.41, 5.74) is 4.55. The highest BCUT2D eigenvalue weighted by Crippen LogP contribution is 2.61. The molecule has 3 nitrogen and oxygen atoms in total. The van der Waals surface area contributed by atoms with Crippen molar-refractivity contribution in [3.8, 4) is 5.69 Å². The molecule has 142 valence electrons. The van der Waals surface area contributed by atoms with Crippen LogP contribution in [-0.2, 0) is 11.8 Å². The zero-order valence-corrected chi connectivity index (χ0v) is 17.5. The van der Waals surface area contributed by atoms with Gasteiger partial charge in [-0.3, -0.25) is 0 Å². The second-order valence-corrected chi connectivity index (χ2v) is 10.6. The largest absolute Gasteiger partial charge is 0.370 e. The lowest BCUT2D eigenvalue weighted by Crippen LogP contribution is -2.49. The Hall–Kier alpha value is -1.29. The summed E-state index contributed by atoms with van der Waals surface area (Å²) >= 11 is 3.57. The van der Waals surface area contributed by atoms with Gasteiger partial charge < -0.3 is 5.32 Å². The van der Waals surface area contributed by atoms with Crippen LogP contribution in [0.1, 0.15) is 62.6 Å². The monoisotopic (exact) mass is 425 g/mol. The molecule has 1 N–H and O–H groups in total. The third kappa shape index (κ3) is 2.62. The molecule has 4 fully saturated rings. The van der Waals surface area contributed by atoms with Gasteiger partial charge in [0.25, 0.3) is 0 Å². The van der Waals surface area contributed by atoms with E-state index in [1.165, 1.54) is 80.6 Å². The predicted molar refractivity (Wildman–Crippen MR) is 113 cm³/mol. The van der Waals surface area contributed by atoms with Crippen LogP contribution in [0.4, 0.5) is 5.82 Å². The summed E-state index contributed by atoms with van der Waals surface area (Å²) in [7, 11) is 0. The molecule has 4 bridgehead atoms. The molecule has 0 unspecified atom stereocenters. The van der Waals surface area contributed by atoms with E-state index in [0.717, 1.165) is 28.8 Å². The Balaban J connectivity index is 1.50. The molecule has 2 aromatic rings. The second-order valence-electron chi connectivity index (χ2n) is 9.65. The number of aromatic nitrogens is 2. The fourth-order valence-electron chi connectivity index (χ4n) is 7.10. The van der Waals surface area contributed by atoms with Crippen molar-refractivity contribution < 1.29 is 0 Å². The maximum Gasteiger partial charge on any atom is 0.133 e. The Bertz CT molecular complexity index is 831.